The van der Waals surface area contributed by atoms with Gasteiger partial charge in [0.05, 0.1) is 0 Å². The van der Waals surface area contributed by atoms with Crippen LogP contribution in [0.2, 0.25) is 0 Å². The molecule has 0 bridgehead atoms. The van der Waals surface area contributed by atoms with E-state index in [1.807, 2.05) is 11.8 Å². The van der Waals surface area contributed by atoms with Crippen LogP contribution < -0.4 is 0 Å². The van der Waals surface area contributed by atoms with Gasteiger partial charge in [-0.3, -0.25) is 0 Å². The molecule has 0 saturated carbocycles. The summed E-state index contributed by atoms with van der Waals surface area (Å²) in [6.45, 7) is 4.53. The molecule has 1 heteroatoms. The van der Waals surface area contributed by atoms with Gasteiger partial charge in [-0.2, -0.15) is 0 Å². The van der Waals surface area contributed by atoms with Crippen molar-refractivity contribution in [2.24, 2.45) is 5.92 Å². The van der Waals surface area contributed by atoms with Crippen LogP contribution in [0.5, 0.6) is 0 Å². The van der Waals surface area contributed by atoms with Gasteiger partial charge in [-0.05, 0) is 60.3 Å². The highest BCUT2D eigenvalue weighted by molar-refractivity contribution is 8.02. The quantitative estimate of drug-likeness (QED) is 0.633. The summed E-state index contributed by atoms with van der Waals surface area (Å²) in [5.74, 6) is 0.734. The number of rotatable bonds is 4. The van der Waals surface area contributed by atoms with Gasteiger partial charge in [0.2, 0.25) is 0 Å². The van der Waals surface area contributed by atoms with Gasteiger partial charge in [0.15, 0.2) is 0 Å². The molecule has 0 aromatic heterocycles. The molecule has 0 heterocycles. The fourth-order valence-electron chi connectivity index (χ4n) is 2.16. The van der Waals surface area contributed by atoms with Crippen molar-refractivity contribution in [1.82, 2.24) is 0 Å². The normalized spacial score (nSPS) is 17.6. The summed E-state index contributed by atoms with van der Waals surface area (Å²) in [5.41, 5.74) is 2.91. The van der Waals surface area contributed by atoms with E-state index in [-0.39, 0.29) is 0 Å². The van der Waals surface area contributed by atoms with Crippen molar-refractivity contribution in [3.05, 3.63) is 53.0 Å². The van der Waals surface area contributed by atoms with Crippen molar-refractivity contribution in [3.8, 4) is 0 Å². The third kappa shape index (κ3) is 4.38. The maximum Gasteiger partial charge on any atom is 0.0116 e. The van der Waals surface area contributed by atoms with Crippen molar-refractivity contribution < 1.29 is 0 Å². The first kappa shape index (κ1) is 13.5. The fraction of sp³-hybridized carbons (Fsp3) is 0.412. The van der Waals surface area contributed by atoms with Crippen LogP contribution in [0.4, 0.5) is 0 Å². The lowest BCUT2D eigenvalue weighted by Crippen LogP contribution is -1.93. The molecule has 0 nitrogen and oxygen atoms in total. The Bertz CT molecular complexity index is 423. The zero-order valence-electron chi connectivity index (χ0n) is 11.4. The van der Waals surface area contributed by atoms with E-state index in [1.165, 1.54) is 41.7 Å². The van der Waals surface area contributed by atoms with Crippen LogP contribution in [0.25, 0.3) is 0 Å². The third-order valence-electron chi connectivity index (χ3n) is 3.08. The zero-order chi connectivity index (χ0) is 12.8. The molecule has 0 aliphatic heterocycles. The van der Waals surface area contributed by atoms with Gasteiger partial charge in [-0.15, -0.1) is 0 Å². The number of hydrogen-bond acceptors (Lipinski definition) is 1. The fourth-order valence-corrected chi connectivity index (χ4v) is 2.94. The molecule has 2 rings (SSSR count). The van der Waals surface area contributed by atoms with E-state index in [9.17, 15) is 0 Å². The van der Waals surface area contributed by atoms with Gasteiger partial charge >= 0.3 is 0 Å². The van der Waals surface area contributed by atoms with Crippen LogP contribution in [0.15, 0.2) is 52.3 Å². The minimum atomic E-state index is 0.734. The van der Waals surface area contributed by atoms with Crippen molar-refractivity contribution in [2.75, 3.05) is 0 Å². The van der Waals surface area contributed by atoms with Crippen LogP contribution in [0.3, 0.4) is 0 Å². The minimum absolute atomic E-state index is 0.734. The average molecular weight is 258 g/mol. The molecule has 0 unspecified atom stereocenters. The molecule has 0 spiro atoms. The van der Waals surface area contributed by atoms with E-state index < -0.39 is 0 Å². The number of hydrogen-bond donors (Lipinski definition) is 0. The zero-order valence-corrected chi connectivity index (χ0v) is 12.2. The van der Waals surface area contributed by atoms with E-state index in [0.29, 0.717) is 0 Å². The second-order valence-electron chi connectivity index (χ2n) is 5.35. The standard InChI is InChI=1S/C17H22S/c1-14(2)12-15-8-10-17(11-9-15)18-13-16-6-4-3-5-7-16/h4,6,8-11,13-14H,3,5,7,12H2,1-2H3. The SMILES string of the molecule is CC(C)Cc1ccc(SC=C2C=CCCC2)cc1. The second kappa shape index (κ2) is 6.84. The Balaban J connectivity index is 1.93. The van der Waals surface area contributed by atoms with Crippen molar-refractivity contribution >= 4 is 11.8 Å². The highest BCUT2D eigenvalue weighted by atomic mass is 32.2. The van der Waals surface area contributed by atoms with Crippen molar-refractivity contribution in [3.63, 3.8) is 0 Å². The van der Waals surface area contributed by atoms with Crippen LogP contribution >= 0.6 is 11.8 Å². The third-order valence-corrected chi connectivity index (χ3v) is 4.05. The Morgan fingerprint density at radius 2 is 2.00 bits per heavy atom. The van der Waals surface area contributed by atoms with E-state index >= 15 is 0 Å². The lowest BCUT2D eigenvalue weighted by molar-refractivity contribution is 0.647. The Hall–Kier alpha value is -0.950. The molecule has 1 aromatic rings. The molecule has 0 saturated heterocycles. The van der Waals surface area contributed by atoms with Crippen LogP contribution in [0.1, 0.15) is 38.7 Å². The topological polar surface area (TPSA) is 0 Å². The molecule has 1 aliphatic rings. The lowest BCUT2D eigenvalue weighted by atomic mass is 10.0. The summed E-state index contributed by atoms with van der Waals surface area (Å²) in [4.78, 5) is 1.34. The molecule has 0 fully saturated rings. The van der Waals surface area contributed by atoms with Crippen LogP contribution in [-0.2, 0) is 6.42 Å². The monoisotopic (exact) mass is 258 g/mol. The molecule has 1 aliphatic carbocycles. The summed E-state index contributed by atoms with van der Waals surface area (Å²) in [6.07, 6.45) is 9.50. The number of thioether (sulfide) groups is 1. The maximum absolute atomic E-state index is 2.30. The maximum atomic E-state index is 2.30. The Morgan fingerprint density at radius 3 is 2.61 bits per heavy atom. The molecule has 1 aromatic carbocycles. The highest BCUT2D eigenvalue weighted by Crippen LogP contribution is 2.25. The van der Waals surface area contributed by atoms with E-state index in [1.54, 1.807) is 0 Å². The average Bonchev–Trinajstić information content (AvgIpc) is 2.38. The van der Waals surface area contributed by atoms with Gasteiger partial charge in [0.1, 0.15) is 0 Å². The van der Waals surface area contributed by atoms with Gasteiger partial charge in [-0.25, -0.2) is 0 Å². The van der Waals surface area contributed by atoms with Crippen molar-refractivity contribution in [2.45, 2.75) is 44.4 Å². The molecule has 0 atom stereocenters. The second-order valence-corrected chi connectivity index (χ2v) is 6.29. The van der Waals surface area contributed by atoms with E-state index in [4.69, 9.17) is 0 Å². The summed E-state index contributed by atoms with van der Waals surface area (Å²) >= 11 is 1.84. The molecule has 96 valence electrons. The molecular weight excluding hydrogens is 236 g/mol. The van der Waals surface area contributed by atoms with Crippen LogP contribution in [0, 0.1) is 5.92 Å². The molecular formula is C17H22S. The Morgan fingerprint density at radius 1 is 1.22 bits per heavy atom. The molecule has 0 amide bonds. The summed E-state index contributed by atoms with van der Waals surface area (Å²) in [5, 5.41) is 2.30. The molecule has 18 heavy (non-hydrogen) atoms. The van der Waals surface area contributed by atoms with Crippen LogP contribution in [-0.4, -0.2) is 0 Å². The van der Waals surface area contributed by atoms with E-state index in [0.717, 1.165) is 5.92 Å². The number of allylic oxidation sites excluding steroid dienone is 3. The molecule has 0 radical (unpaired) electrons. The van der Waals surface area contributed by atoms with E-state index in [2.05, 4.69) is 55.7 Å². The number of benzene rings is 1. The summed E-state index contributed by atoms with van der Waals surface area (Å²) in [7, 11) is 0. The predicted molar refractivity (Wildman–Crippen MR) is 81.9 cm³/mol. The largest absolute Gasteiger partial charge is 0.0978 e. The smallest absolute Gasteiger partial charge is 0.0116 e. The first-order valence-electron chi connectivity index (χ1n) is 6.85. The summed E-state index contributed by atoms with van der Waals surface area (Å²) < 4.78 is 0. The summed E-state index contributed by atoms with van der Waals surface area (Å²) in [6, 6.07) is 9.01. The minimum Gasteiger partial charge on any atom is -0.0978 e. The first-order valence-corrected chi connectivity index (χ1v) is 7.73. The first-order chi connectivity index (χ1) is 8.74. The van der Waals surface area contributed by atoms with Gasteiger partial charge in [0, 0.05) is 4.90 Å². The Labute approximate surface area is 115 Å². The predicted octanol–water partition coefficient (Wildman–Crippen LogP) is 5.60. The van der Waals surface area contributed by atoms with Crippen molar-refractivity contribution in [1.29, 1.82) is 0 Å². The molecule has 0 N–H and O–H groups in total. The van der Waals surface area contributed by atoms with Gasteiger partial charge in [0.25, 0.3) is 0 Å². The van der Waals surface area contributed by atoms with Gasteiger partial charge < -0.3 is 0 Å². The van der Waals surface area contributed by atoms with Gasteiger partial charge in [-0.1, -0.05) is 49.9 Å². The lowest BCUT2D eigenvalue weighted by Gasteiger charge is -2.07. The Kier molecular flexibility index (Phi) is 5.12. The highest BCUT2D eigenvalue weighted by Gasteiger charge is 2.00.